The van der Waals surface area contributed by atoms with E-state index in [2.05, 4.69) is 0 Å². The number of allylic oxidation sites excluding steroid dienone is 1. The van der Waals surface area contributed by atoms with Gasteiger partial charge in [0.25, 0.3) is 0 Å². The first-order chi connectivity index (χ1) is 4.20. The zero-order valence-electron chi connectivity index (χ0n) is 5.72. The van der Waals surface area contributed by atoms with Crippen LogP contribution in [0, 0.1) is 0 Å². The minimum Gasteiger partial charge on any atom is -0.772 e. The number of hydrogen-bond donors (Lipinski definition) is 0. The van der Waals surface area contributed by atoms with Gasteiger partial charge in [0.15, 0.2) is 0 Å². The predicted molar refractivity (Wildman–Crippen MR) is 37.8 cm³/mol. The van der Waals surface area contributed by atoms with E-state index in [1.165, 1.54) is 0 Å². The monoisotopic (exact) mass is 147 g/mol. The van der Waals surface area contributed by atoms with Crippen LogP contribution in [-0.2, 0) is 11.1 Å². The molecule has 0 radical (unpaired) electrons. The highest BCUT2D eigenvalue weighted by atomic mass is 32.2. The molecule has 2 nitrogen and oxygen atoms in total. The molecule has 0 fully saturated rings. The molecule has 0 aromatic carbocycles. The van der Waals surface area contributed by atoms with Crippen LogP contribution in [-0.4, -0.2) is 14.5 Å². The Morgan fingerprint density at radius 3 is 2.44 bits per heavy atom. The van der Waals surface area contributed by atoms with Crippen LogP contribution in [0.1, 0.15) is 20.3 Å². The van der Waals surface area contributed by atoms with Crippen molar-refractivity contribution in [3.63, 3.8) is 0 Å². The molecule has 1 unspecified atom stereocenters. The van der Waals surface area contributed by atoms with Crippen molar-refractivity contribution in [3.05, 3.63) is 11.6 Å². The lowest BCUT2D eigenvalue weighted by Gasteiger charge is -2.05. The van der Waals surface area contributed by atoms with Gasteiger partial charge in [0.2, 0.25) is 0 Å². The van der Waals surface area contributed by atoms with Crippen LogP contribution >= 0.6 is 0 Å². The molecule has 54 valence electrons. The van der Waals surface area contributed by atoms with E-state index in [0.29, 0.717) is 0 Å². The van der Waals surface area contributed by atoms with Gasteiger partial charge in [0, 0.05) is 5.75 Å². The predicted octanol–water partition coefficient (Wildman–Crippen LogP) is 1.22. The Hall–Kier alpha value is -0.150. The van der Waals surface area contributed by atoms with Crippen molar-refractivity contribution in [2.24, 2.45) is 0 Å². The maximum absolute atomic E-state index is 10.1. The summed E-state index contributed by atoms with van der Waals surface area (Å²) in [4.78, 5) is 0. The molecule has 0 N–H and O–H groups in total. The first-order valence-corrected chi connectivity index (χ1v) is 4.15. The topological polar surface area (TPSA) is 40.1 Å². The summed E-state index contributed by atoms with van der Waals surface area (Å²) in [5.41, 5.74) is 0.975. The highest BCUT2D eigenvalue weighted by molar-refractivity contribution is 7.79. The molecular weight excluding hydrogens is 136 g/mol. The summed E-state index contributed by atoms with van der Waals surface area (Å²) in [6.45, 7) is 3.80. The smallest absolute Gasteiger partial charge is 0.0311 e. The molecule has 0 bridgehead atoms. The Balaban J connectivity index is 3.71. The fraction of sp³-hybridized carbons (Fsp3) is 0.667. The van der Waals surface area contributed by atoms with Gasteiger partial charge < -0.3 is 4.55 Å². The minimum absolute atomic E-state index is 0.188. The summed E-state index contributed by atoms with van der Waals surface area (Å²) >= 11 is -1.91. The zero-order valence-corrected chi connectivity index (χ0v) is 6.53. The van der Waals surface area contributed by atoms with Gasteiger partial charge in [-0.05, 0) is 13.3 Å². The molecule has 0 aliphatic heterocycles. The Morgan fingerprint density at radius 2 is 2.33 bits per heavy atom. The summed E-state index contributed by atoms with van der Waals surface area (Å²) in [5, 5.41) is 0. The third-order valence-electron chi connectivity index (χ3n) is 1.17. The average molecular weight is 147 g/mol. The van der Waals surface area contributed by atoms with Crippen LogP contribution in [0.15, 0.2) is 11.6 Å². The average Bonchev–Trinajstić information content (AvgIpc) is 1.82. The summed E-state index contributed by atoms with van der Waals surface area (Å²) in [6, 6.07) is 0. The first-order valence-electron chi connectivity index (χ1n) is 2.90. The second-order valence-corrected chi connectivity index (χ2v) is 2.64. The van der Waals surface area contributed by atoms with E-state index in [0.717, 1.165) is 12.0 Å². The summed E-state index contributed by atoms with van der Waals surface area (Å²) in [5.74, 6) is 0.188. The van der Waals surface area contributed by atoms with Crippen molar-refractivity contribution in [1.29, 1.82) is 0 Å². The molecule has 0 aromatic rings. The molecule has 0 aliphatic rings. The van der Waals surface area contributed by atoms with Gasteiger partial charge in [-0.2, -0.15) is 0 Å². The van der Waals surface area contributed by atoms with E-state index in [1.807, 2.05) is 19.9 Å². The standard InChI is InChI=1S/C6H12O2S/c1-3-6(4-2)5-9(7)8/h3H,4-5H2,1-2H3,(H,7,8)/p-1. The van der Waals surface area contributed by atoms with Crippen LogP contribution in [0.25, 0.3) is 0 Å². The van der Waals surface area contributed by atoms with Gasteiger partial charge in [-0.1, -0.05) is 29.7 Å². The van der Waals surface area contributed by atoms with E-state index in [4.69, 9.17) is 0 Å². The quantitative estimate of drug-likeness (QED) is 0.445. The van der Waals surface area contributed by atoms with E-state index in [-0.39, 0.29) is 5.75 Å². The van der Waals surface area contributed by atoms with Gasteiger partial charge in [-0.25, -0.2) is 0 Å². The molecular formula is C6H11O2S-. The van der Waals surface area contributed by atoms with Gasteiger partial charge >= 0.3 is 0 Å². The Labute approximate surface area is 58.3 Å². The van der Waals surface area contributed by atoms with E-state index < -0.39 is 11.1 Å². The van der Waals surface area contributed by atoms with Gasteiger partial charge in [-0.3, -0.25) is 4.21 Å². The molecule has 0 saturated carbocycles. The minimum atomic E-state index is -1.91. The molecule has 1 atom stereocenters. The van der Waals surface area contributed by atoms with Crippen molar-refractivity contribution in [1.82, 2.24) is 0 Å². The third kappa shape index (κ3) is 4.36. The van der Waals surface area contributed by atoms with Crippen molar-refractivity contribution in [2.75, 3.05) is 5.75 Å². The van der Waals surface area contributed by atoms with Crippen LogP contribution in [0.3, 0.4) is 0 Å². The van der Waals surface area contributed by atoms with Crippen LogP contribution in [0.2, 0.25) is 0 Å². The summed E-state index contributed by atoms with van der Waals surface area (Å²) in [6.07, 6.45) is 2.67. The van der Waals surface area contributed by atoms with Crippen molar-refractivity contribution >= 4 is 11.1 Å². The van der Waals surface area contributed by atoms with E-state index in [1.54, 1.807) is 0 Å². The van der Waals surface area contributed by atoms with Crippen LogP contribution in [0.4, 0.5) is 0 Å². The lowest BCUT2D eigenvalue weighted by Crippen LogP contribution is -1.97. The Kier molecular flexibility index (Phi) is 4.62. The zero-order chi connectivity index (χ0) is 7.28. The maximum Gasteiger partial charge on any atom is 0.0311 e. The Morgan fingerprint density at radius 1 is 1.78 bits per heavy atom. The second-order valence-electron chi connectivity index (χ2n) is 1.75. The molecule has 0 heterocycles. The molecule has 0 saturated heterocycles. The SMILES string of the molecule is CC=C(CC)CS(=O)[O-]. The lowest BCUT2D eigenvalue weighted by atomic mass is 10.2. The summed E-state index contributed by atoms with van der Waals surface area (Å²) in [7, 11) is 0. The largest absolute Gasteiger partial charge is 0.772 e. The maximum atomic E-state index is 10.1. The fourth-order valence-corrected chi connectivity index (χ4v) is 1.21. The normalized spacial score (nSPS) is 15.7. The van der Waals surface area contributed by atoms with Crippen molar-refractivity contribution < 1.29 is 8.76 Å². The highest BCUT2D eigenvalue weighted by Crippen LogP contribution is 2.00. The lowest BCUT2D eigenvalue weighted by molar-refractivity contribution is 0.539. The van der Waals surface area contributed by atoms with Crippen molar-refractivity contribution in [2.45, 2.75) is 20.3 Å². The Bertz CT molecular complexity index is 129. The third-order valence-corrected chi connectivity index (χ3v) is 1.77. The van der Waals surface area contributed by atoms with E-state index >= 15 is 0 Å². The highest BCUT2D eigenvalue weighted by Gasteiger charge is 1.89. The van der Waals surface area contributed by atoms with Gasteiger partial charge in [0.05, 0.1) is 0 Å². The number of hydrogen-bond acceptors (Lipinski definition) is 2. The van der Waals surface area contributed by atoms with Gasteiger partial charge in [-0.15, -0.1) is 0 Å². The molecule has 0 amide bonds. The van der Waals surface area contributed by atoms with Crippen LogP contribution in [0.5, 0.6) is 0 Å². The first kappa shape index (κ1) is 8.85. The molecule has 0 spiro atoms. The molecule has 0 aliphatic carbocycles. The molecule has 3 heteroatoms. The number of rotatable bonds is 3. The molecule has 0 aromatic heterocycles. The van der Waals surface area contributed by atoms with Gasteiger partial charge in [0.1, 0.15) is 0 Å². The van der Waals surface area contributed by atoms with Crippen molar-refractivity contribution in [3.8, 4) is 0 Å². The molecule has 0 rings (SSSR count). The summed E-state index contributed by atoms with van der Waals surface area (Å²) < 4.78 is 20.2. The fourth-order valence-electron chi connectivity index (χ4n) is 0.541. The molecule has 9 heavy (non-hydrogen) atoms. The van der Waals surface area contributed by atoms with Crippen LogP contribution < -0.4 is 0 Å². The van der Waals surface area contributed by atoms with E-state index in [9.17, 15) is 8.76 Å². The second kappa shape index (κ2) is 4.70.